The van der Waals surface area contributed by atoms with Gasteiger partial charge < -0.3 is 64.7 Å². The van der Waals surface area contributed by atoms with Crippen LogP contribution < -0.4 is 0 Å². The minimum atomic E-state index is -5.37. The van der Waals surface area contributed by atoms with Crippen molar-refractivity contribution in [2.75, 3.05) is 19.8 Å². The van der Waals surface area contributed by atoms with Crippen LogP contribution in [0, 0.1) is 0 Å². The van der Waals surface area contributed by atoms with Crippen molar-refractivity contribution in [3.05, 3.63) is 12.2 Å². The number of hydrogen-bond donors (Lipinski definition) is 9. The van der Waals surface area contributed by atoms with Crippen molar-refractivity contribution in [3.8, 4) is 0 Å². The monoisotopic (exact) mass is 999 g/mol. The van der Waals surface area contributed by atoms with Crippen LogP contribution in [0.2, 0.25) is 0 Å². The van der Waals surface area contributed by atoms with Gasteiger partial charge in [0.1, 0.15) is 67.6 Å². The first-order chi connectivity index (χ1) is 32.7. The van der Waals surface area contributed by atoms with E-state index in [1.54, 1.807) is 0 Å². The Morgan fingerprint density at radius 1 is 0.544 bits per heavy atom. The number of carbonyl (C=O) groups excluding carboxylic acids is 2. The summed E-state index contributed by atoms with van der Waals surface area (Å²) < 4.78 is 45.5. The molecule has 1 aliphatic carbocycles. The van der Waals surface area contributed by atoms with Gasteiger partial charge in [-0.1, -0.05) is 154 Å². The molecule has 19 heteroatoms. The van der Waals surface area contributed by atoms with Crippen LogP contribution in [0.4, 0.5) is 0 Å². The average Bonchev–Trinajstić information content (AvgIpc) is 3.32. The molecule has 9 N–H and O–H groups in total. The maximum Gasteiger partial charge on any atom is 0.472 e. The predicted molar refractivity (Wildman–Crippen MR) is 254 cm³/mol. The van der Waals surface area contributed by atoms with Gasteiger partial charge in [0.15, 0.2) is 12.4 Å². The lowest BCUT2D eigenvalue weighted by Gasteiger charge is -2.47. The topological polar surface area (TPSA) is 289 Å². The zero-order valence-electron chi connectivity index (χ0n) is 41.1. The first-order valence-electron chi connectivity index (χ1n) is 26.0. The van der Waals surface area contributed by atoms with E-state index in [-0.39, 0.29) is 12.8 Å². The highest BCUT2D eigenvalue weighted by Gasteiger charge is 2.55. The van der Waals surface area contributed by atoms with Crippen LogP contribution in [0.15, 0.2) is 12.2 Å². The maximum absolute atomic E-state index is 13.4. The molecule has 0 aromatic heterocycles. The summed E-state index contributed by atoms with van der Waals surface area (Å²) in [6, 6.07) is 0. The van der Waals surface area contributed by atoms with Gasteiger partial charge in [-0.3, -0.25) is 18.6 Å². The molecule has 400 valence electrons. The number of allylic oxidation sites excluding steroid dienone is 2. The predicted octanol–water partition coefficient (Wildman–Crippen LogP) is 6.10. The molecule has 1 heterocycles. The molecule has 2 fully saturated rings. The van der Waals surface area contributed by atoms with Crippen LogP contribution in [-0.2, 0) is 42.1 Å². The lowest BCUT2D eigenvalue weighted by atomic mass is 9.84. The summed E-state index contributed by atoms with van der Waals surface area (Å²) in [6.07, 6.45) is 10.1. The Balaban J connectivity index is 1.94. The SMILES string of the molecule is CCCCCCCCC/C=C\CCCCCC(=O)OC(COC(=O)CCCCCCCCCCCCCCCC)COP(=O)(O)OC1C(O)C(O)C(O)C(O)C1OC1OC(CO)C(O)C(O)C1O. The Labute approximate surface area is 405 Å². The molecule has 1 saturated carbocycles. The molecule has 18 nitrogen and oxygen atoms in total. The number of carbonyl (C=O) groups is 2. The fraction of sp³-hybridized carbons (Fsp3) is 0.918. The molecule has 68 heavy (non-hydrogen) atoms. The summed E-state index contributed by atoms with van der Waals surface area (Å²) in [5.74, 6) is -1.23. The molecule has 2 aliphatic rings. The third-order valence-corrected chi connectivity index (χ3v) is 13.7. The van der Waals surface area contributed by atoms with E-state index in [2.05, 4.69) is 26.0 Å². The summed E-state index contributed by atoms with van der Waals surface area (Å²) in [5.41, 5.74) is 0. The number of aliphatic hydroxyl groups excluding tert-OH is 8. The Morgan fingerprint density at radius 2 is 0.971 bits per heavy atom. The summed E-state index contributed by atoms with van der Waals surface area (Å²) in [6.45, 7) is 2.22. The van der Waals surface area contributed by atoms with E-state index in [9.17, 15) is 59.9 Å². The van der Waals surface area contributed by atoms with Gasteiger partial charge in [-0.05, 0) is 38.5 Å². The third kappa shape index (κ3) is 25.7. The zero-order chi connectivity index (χ0) is 50.2. The Bertz CT molecular complexity index is 1370. The molecule has 0 aromatic carbocycles. The number of aliphatic hydroxyl groups is 8. The minimum absolute atomic E-state index is 0.0157. The first kappa shape index (κ1) is 62.5. The fourth-order valence-electron chi connectivity index (χ4n) is 8.40. The number of phosphoric ester groups is 1. The number of hydrogen-bond acceptors (Lipinski definition) is 17. The number of ether oxygens (including phenoxy) is 4. The van der Waals surface area contributed by atoms with Gasteiger partial charge in [0.05, 0.1) is 13.2 Å². The van der Waals surface area contributed by atoms with Crippen molar-refractivity contribution in [1.82, 2.24) is 0 Å². The third-order valence-electron chi connectivity index (χ3n) is 12.7. The van der Waals surface area contributed by atoms with Crippen LogP contribution in [0.25, 0.3) is 0 Å². The van der Waals surface area contributed by atoms with Gasteiger partial charge in [-0.2, -0.15) is 0 Å². The van der Waals surface area contributed by atoms with E-state index in [1.807, 2.05) is 0 Å². The van der Waals surface area contributed by atoms with Crippen LogP contribution in [-0.4, -0.2) is 151 Å². The lowest BCUT2D eigenvalue weighted by Crippen LogP contribution is -2.67. The second-order valence-corrected chi connectivity index (χ2v) is 20.1. The molecule has 1 aliphatic heterocycles. The number of unbranched alkanes of at least 4 members (excludes halogenated alkanes) is 23. The lowest BCUT2D eigenvalue weighted by molar-refractivity contribution is -0.338. The molecule has 13 atom stereocenters. The maximum atomic E-state index is 13.4. The van der Waals surface area contributed by atoms with Crippen LogP contribution in [0.5, 0.6) is 0 Å². The first-order valence-corrected chi connectivity index (χ1v) is 27.5. The molecule has 0 aromatic rings. The fourth-order valence-corrected chi connectivity index (χ4v) is 9.37. The van der Waals surface area contributed by atoms with Gasteiger partial charge in [0.2, 0.25) is 0 Å². The highest BCUT2D eigenvalue weighted by atomic mass is 31.2. The standard InChI is InChI=1S/C49H91O18P/c1-3-5-7-9-11-13-15-17-19-21-23-25-27-29-31-38(51)62-34-36(64-39(52)32-30-28-26-24-22-20-18-16-14-12-10-8-6-4-2)35-63-68(60,61)67-48-45(58)43(56)42(55)44(57)47(48)66-49-46(59)41(54)40(53)37(33-50)65-49/h20,22,36-37,40-50,53-59H,3-19,21,23-35H2,1-2H3,(H,60,61)/b22-20-. The van der Waals surface area contributed by atoms with E-state index in [1.165, 1.54) is 103 Å². The van der Waals surface area contributed by atoms with Gasteiger partial charge in [-0.25, -0.2) is 4.57 Å². The molecule has 1 saturated heterocycles. The Morgan fingerprint density at radius 3 is 1.47 bits per heavy atom. The number of rotatable bonds is 40. The largest absolute Gasteiger partial charge is 0.472 e. The number of phosphoric acid groups is 1. The molecule has 13 unspecified atom stereocenters. The second kappa shape index (κ2) is 37.2. The van der Waals surface area contributed by atoms with Crippen LogP contribution in [0.1, 0.15) is 194 Å². The normalized spacial score (nSPS) is 27.8. The van der Waals surface area contributed by atoms with Gasteiger partial charge in [-0.15, -0.1) is 0 Å². The quantitative estimate of drug-likeness (QED) is 0.0145. The smallest absolute Gasteiger partial charge is 0.462 e. The van der Waals surface area contributed by atoms with Crippen molar-refractivity contribution in [1.29, 1.82) is 0 Å². The molecule has 0 spiro atoms. The van der Waals surface area contributed by atoms with Crippen molar-refractivity contribution < 1.29 is 87.9 Å². The van der Waals surface area contributed by atoms with Gasteiger partial charge in [0, 0.05) is 12.8 Å². The highest BCUT2D eigenvalue weighted by Crippen LogP contribution is 2.48. The number of esters is 2. The van der Waals surface area contributed by atoms with E-state index < -0.39 is 113 Å². The highest BCUT2D eigenvalue weighted by molar-refractivity contribution is 7.47. The van der Waals surface area contributed by atoms with Crippen molar-refractivity contribution in [2.45, 2.75) is 267 Å². The molecule has 2 rings (SSSR count). The van der Waals surface area contributed by atoms with Crippen LogP contribution >= 0.6 is 7.82 Å². The summed E-state index contributed by atoms with van der Waals surface area (Å²) in [5, 5.41) is 82.9. The molecule has 0 amide bonds. The summed E-state index contributed by atoms with van der Waals surface area (Å²) in [7, 11) is -5.37. The zero-order valence-corrected chi connectivity index (χ0v) is 42.0. The summed E-state index contributed by atoms with van der Waals surface area (Å²) in [4.78, 5) is 36.5. The molecular formula is C49H91O18P. The van der Waals surface area contributed by atoms with Gasteiger partial charge >= 0.3 is 19.8 Å². The second-order valence-electron chi connectivity index (χ2n) is 18.7. The summed E-state index contributed by atoms with van der Waals surface area (Å²) >= 11 is 0. The van der Waals surface area contributed by atoms with Crippen LogP contribution in [0.3, 0.4) is 0 Å². The van der Waals surface area contributed by atoms with Crippen molar-refractivity contribution in [3.63, 3.8) is 0 Å². The minimum Gasteiger partial charge on any atom is -0.462 e. The molecule has 0 bridgehead atoms. The van der Waals surface area contributed by atoms with Gasteiger partial charge in [0.25, 0.3) is 0 Å². The Kier molecular flexibility index (Phi) is 34.2. The average molecular weight is 999 g/mol. The van der Waals surface area contributed by atoms with E-state index in [4.69, 9.17) is 28.0 Å². The molecule has 0 radical (unpaired) electrons. The van der Waals surface area contributed by atoms with E-state index >= 15 is 0 Å². The van der Waals surface area contributed by atoms with Crippen molar-refractivity contribution in [2.24, 2.45) is 0 Å². The Hall–Kier alpha value is -1.61. The molecular weight excluding hydrogens is 907 g/mol. The van der Waals surface area contributed by atoms with Crippen molar-refractivity contribution >= 4 is 19.8 Å². The van der Waals surface area contributed by atoms with E-state index in [0.717, 1.165) is 51.4 Å². The van der Waals surface area contributed by atoms with E-state index in [0.29, 0.717) is 12.8 Å².